The number of nitrogens with zero attached hydrogens (tertiary/aromatic N) is 2. The van der Waals surface area contributed by atoms with Gasteiger partial charge in [0.2, 0.25) is 5.91 Å². The number of rotatable bonds is 3. The van der Waals surface area contributed by atoms with Crippen LogP contribution in [0.5, 0.6) is 0 Å². The minimum absolute atomic E-state index is 0.0117. The van der Waals surface area contributed by atoms with Gasteiger partial charge in [-0.25, -0.2) is 0 Å². The molecule has 0 radical (unpaired) electrons. The Labute approximate surface area is 115 Å². The predicted molar refractivity (Wildman–Crippen MR) is 72.9 cm³/mol. The van der Waals surface area contributed by atoms with Crippen LogP contribution >= 0.6 is 0 Å². The van der Waals surface area contributed by atoms with Crippen molar-refractivity contribution >= 4 is 5.91 Å². The van der Waals surface area contributed by atoms with E-state index in [4.69, 9.17) is 4.74 Å². The van der Waals surface area contributed by atoms with Gasteiger partial charge in [-0.1, -0.05) is 0 Å². The van der Waals surface area contributed by atoms with E-state index in [0.717, 1.165) is 32.5 Å². The molecular weight excluding hydrogens is 244 g/mol. The van der Waals surface area contributed by atoms with Crippen LogP contribution in [-0.2, 0) is 9.53 Å². The molecule has 2 aliphatic heterocycles. The molecule has 2 aliphatic rings. The zero-order chi connectivity index (χ0) is 13.9. The van der Waals surface area contributed by atoms with Gasteiger partial charge in [0.25, 0.3) is 0 Å². The van der Waals surface area contributed by atoms with E-state index in [-0.39, 0.29) is 24.2 Å². The second kappa shape index (κ2) is 6.20. The largest absolute Gasteiger partial charge is 0.394 e. The third-order valence-corrected chi connectivity index (χ3v) is 3.82. The standard InChI is InChI=1S/C14H26N2O3/c1-14(2)11-15(8-12(10-17)19-14)9-13(18)16-6-4-3-5-7-16/h12,17H,3-11H2,1-2H3. The lowest BCUT2D eigenvalue weighted by molar-refractivity contribution is -0.156. The Hall–Kier alpha value is -0.650. The molecule has 110 valence electrons. The average Bonchev–Trinajstić information content (AvgIpc) is 2.37. The predicted octanol–water partition coefficient (Wildman–Crippen LogP) is 0.471. The Morgan fingerprint density at radius 2 is 2.00 bits per heavy atom. The number of amides is 1. The number of hydrogen-bond donors (Lipinski definition) is 1. The monoisotopic (exact) mass is 270 g/mol. The molecule has 0 bridgehead atoms. The lowest BCUT2D eigenvalue weighted by Gasteiger charge is -2.42. The molecule has 0 aromatic heterocycles. The number of carbonyl (C=O) groups is 1. The Kier molecular flexibility index (Phi) is 4.81. The van der Waals surface area contributed by atoms with Gasteiger partial charge in [0.05, 0.1) is 24.9 Å². The minimum atomic E-state index is -0.298. The Morgan fingerprint density at radius 1 is 1.32 bits per heavy atom. The molecule has 0 spiro atoms. The summed E-state index contributed by atoms with van der Waals surface area (Å²) < 4.78 is 5.76. The number of likely N-dealkylation sites (tertiary alicyclic amines) is 1. The van der Waals surface area contributed by atoms with E-state index in [1.54, 1.807) is 0 Å². The topological polar surface area (TPSA) is 53.0 Å². The van der Waals surface area contributed by atoms with Gasteiger partial charge >= 0.3 is 0 Å². The zero-order valence-corrected chi connectivity index (χ0v) is 12.1. The van der Waals surface area contributed by atoms with Crippen LogP contribution in [0, 0.1) is 0 Å². The first-order chi connectivity index (χ1) is 9.00. The summed E-state index contributed by atoms with van der Waals surface area (Å²) in [6.45, 7) is 7.65. The van der Waals surface area contributed by atoms with Crippen molar-refractivity contribution in [1.29, 1.82) is 0 Å². The second-order valence-electron chi connectivity index (χ2n) is 6.29. The highest BCUT2D eigenvalue weighted by Gasteiger charge is 2.34. The van der Waals surface area contributed by atoms with E-state index in [1.165, 1.54) is 6.42 Å². The number of hydrogen-bond acceptors (Lipinski definition) is 4. The number of ether oxygens (including phenoxy) is 1. The third-order valence-electron chi connectivity index (χ3n) is 3.82. The second-order valence-corrected chi connectivity index (χ2v) is 6.29. The molecule has 5 nitrogen and oxygen atoms in total. The molecule has 0 aromatic carbocycles. The van der Waals surface area contributed by atoms with Gasteiger partial charge in [0.15, 0.2) is 0 Å². The van der Waals surface area contributed by atoms with Crippen molar-refractivity contribution in [3.05, 3.63) is 0 Å². The maximum Gasteiger partial charge on any atom is 0.236 e. The lowest BCUT2D eigenvalue weighted by atomic mass is 10.1. The SMILES string of the molecule is CC1(C)CN(CC(=O)N2CCCCC2)CC(CO)O1. The van der Waals surface area contributed by atoms with Crippen LogP contribution in [-0.4, -0.2) is 71.8 Å². The Bertz CT molecular complexity index is 314. The molecule has 5 heteroatoms. The molecule has 1 unspecified atom stereocenters. The highest BCUT2D eigenvalue weighted by molar-refractivity contribution is 5.78. The molecule has 2 rings (SSSR count). The molecule has 0 aromatic rings. The van der Waals surface area contributed by atoms with Crippen molar-refractivity contribution in [1.82, 2.24) is 9.80 Å². The molecule has 19 heavy (non-hydrogen) atoms. The average molecular weight is 270 g/mol. The Morgan fingerprint density at radius 3 is 2.63 bits per heavy atom. The van der Waals surface area contributed by atoms with Gasteiger partial charge in [-0.15, -0.1) is 0 Å². The first kappa shape index (κ1) is 14.8. The fourth-order valence-electron chi connectivity index (χ4n) is 3.07. The van der Waals surface area contributed by atoms with Crippen LogP contribution in [0.2, 0.25) is 0 Å². The van der Waals surface area contributed by atoms with E-state index in [1.807, 2.05) is 18.7 Å². The number of aliphatic hydroxyl groups excluding tert-OH is 1. The van der Waals surface area contributed by atoms with Crippen LogP contribution in [0.1, 0.15) is 33.1 Å². The first-order valence-electron chi connectivity index (χ1n) is 7.29. The van der Waals surface area contributed by atoms with Crippen molar-refractivity contribution in [2.45, 2.75) is 44.8 Å². The molecule has 1 N–H and O–H groups in total. The van der Waals surface area contributed by atoms with E-state index in [2.05, 4.69) is 4.90 Å². The van der Waals surface area contributed by atoms with Gasteiger partial charge in [-0.05, 0) is 33.1 Å². The number of morpholine rings is 1. The fraction of sp³-hybridized carbons (Fsp3) is 0.929. The molecule has 2 heterocycles. The summed E-state index contributed by atoms with van der Waals surface area (Å²) in [7, 11) is 0. The normalized spacial score (nSPS) is 28.4. The van der Waals surface area contributed by atoms with Crippen LogP contribution in [0.25, 0.3) is 0 Å². The summed E-state index contributed by atoms with van der Waals surface area (Å²) in [5, 5.41) is 9.28. The van der Waals surface area contributed by atoms with Gasteiger partial charge in [-0.3, -0.25) is 9.69 Å². The third kappa shape index (κ3) is 4.16. The first-order valence-corrected chi connectivity index (χ1v) is 7.29. The lowest BCUT2D eigenvalue weighted by Crippen LogP contribution is -2.56. The molecular formula is C14H26N2O3. The number of aliphatic hydroxyl groups is 1. The maximum atomic E-state index is 12.3. The molecule has 0 aliphatic carbocycles. The van der Waals surface area contributed by atoms with Crippen LogP contribution < -0.4 is 0 Å². The highest BCUT2D eigenvalue weighted by atomic mass is 16.5. The summed E-state index contributed by atoms with van der Waals surface area (Å²) >= 11 is 0. The van der Waals surface area contributed by atoms with Gasteiger partial charge in [0, 0.05) is 26.2 Å². The summed E-state index contributed by atoms with van der Waals surface area (Å²) in [6.07, 6.45) is 3.30. The van der Waals surface area contributed by atoms with E-state index >= 15 is 0 Å². The molecule has 0 saturated carbocycles. The number of piperidine rings is 1. The van der Waals surface area contributed by atoms with Crippen molar-refractivity contribution in [3.8, 4) is 0 Å². The molecule has 2 saturated heterocycles. The minimum Gasteiger partial charge on any atom is -0.394 e. The highest BCUT2D eigenvalue weighted by Crippen LogP contribution is 2.21. The van der Waals surface area contributed by atoms with E-state index in [0.29, 0.717) is 13.1 Å². The van der Waals surface area contributed by atoms with Gasteiger partial charge in [0.1, 0.15) is 0 Å². The van der Waals surface area contributed by atoms with E-state index < -0.39 is 0 Å². The van der Waals surface area contributed by atoms with Crippen molar-refractivity contribution in [3.63, 3.8) is 0 Å². The maximum absolute atomic E-state index is 12.3. The number of carbonyl (C=O) groups excluding carboxylic acids is 1. The van der Waals surface area contributed by atoms with Gasteiger partial charge in [-0.2, -0.15) is 0 Å². The summed E-state index contributed by atoms with van der Waals surface area (Å²) in [5.41, 5.74) is -0.298. The summed E-state index contributed by atoms with van der Waals surface area (Å²) in [6, 6.07) is 0. The van der Waals surface area contributed by atoms with Crippen molar-refractivity contribution in [2.75, 3.05) is 39.3 Å². The quantitative estimate of drug-likeness (QED) is 0.810. The molecule has 1 atom stereocenters. The van der Waals surface area contributed by atoms with Crippen molar-refractivity contribution < 1.29 is 14.6 Å². The fourth-order valence-corrected chi connectivity index (χ4v) is 3.07. The van der Waals surface area contributed by atoms with Crippen LogP contribution in [0.4, 0.5) is 0 Å². The van der Waals surface area contributed by atoms with Crippen LogP contribution in [0.15, 0.2) is 0 Å². The molecule has 1 amide bonds. The zero-order valence-electron chi connectivity index (χ0n) is 12.1. The van der Waals surface area contributed by atoms with E-state index in [9.17, 15) is 9.90 Å². The van der Waals surface area contributed by atoms with Gasteiger partial charge < -0.3 is 14.7 Å². The summed E-state index contributed by atoms with van der Waals surface area (Å²) in [4.78, 5) is 16.3. The smallest absolute Gasteiger partial charge is 0.236 e. The van der Waals surface area contributed by atoms with Crippen molar-refractivity contribution in [2.24, 2.45) is 0 Å². The molecule has 2 fully saturated rings. The van der Waals surface area contributed by atoms with Crippen LogP contribution in [0.3, 0.4) is 0 Å². The summed E-state index contributed by atoms with van der Waals surface area (Å²) in [5.74, 6) is 0.217. The Balaban J connectivity index is 1.88.